The van der Waals surface area contributed by atoms with E-state index in [4.69, 9.17) is 16.7 Å². The zero-order chi connectivity index (χ0) is 15.5. The number of hydrogen-bond donors (Lipinski definition) is 2. The number of hydrogen-bond acceptors (Lipinski definition) is 4. The minimum atomic E-state index is -3.66. The van der Waals surface area contributed by atoms with Gasteiger partial charge in [0.25, 0.3) is 0 Å². The number of carboxylic acid groups (broad SMARTS) is 1. The largest absolute Gasteiger partial charge is 0.478 e. The fraction of sp³-hybridized carbons (Fsp3) is 0.462. The molecule has 0 bridgehead atoms. The molecule has 0 spiro atoms. The molecule has 0 radical (unpaired) electrons. The Bertz CT molecular complexity index is 627. The molecular weight excluding hydrogens is 334 g/mol. The number of halogens is 1. The minimum absolute atomic E-state index is 0.0114. The van der Waals surface area contributed by atoms with E-state index in [1.165, 1.54) is 18.2 Å². The predicted molar refractivity (Wildman–Crippen MR) is 83.6 cm³/mol. The van der Waals surface area contributed by atoms with Gasteiger partial charge in [0.05, 0.1) is 15.5 Å². The summed E-state index contributed by atoms with van der Waals surface area (Å²) < 4.78 is 26.9. The molecule has 1 fully saturated rings. The molecule has 1 aromatic carbocycles. The lowest BCUT2D eigenvalue weighted by molar-refractivity contribution is 0.0697. The molecule has 0 aliphatic carbocycles. The zero-order valence-corrected chi connectivity index (χ0v) is 13.6. The summed E-state index contributed by atoms with van der Waals surface area (Å²) in [7, 11) is -3.66. The first-order valence-corrected chi connectivity index (χ1v) is 9.52. The van der Waals surface area contributed by atoms with E-state index in [1.807, 2.05) is 11.8 Å². The van der Waals surface area contributed by atoms with Gasteiger partial charge in [-0.3, -0.25) is 0 Å². The van der Waals surface area contributed by atoms with E-state index >= 15 is 0 Å². The lowest BCUT2D eigenvalue weighted by atomic mass is 10.0. The smallest absolute Gasteiger partial charge is 0.337 e. The van der Waals surface area contributed by atoms with Crippen LogP contribution in [0.4, 0.5) is 0 Å². The highest BCUT2D eigenvalue weighted by Gasteiger charge is 2.20. The van der Waals surface area contributed by atoms with Gasteiger partial charge in [-0.2, -0.15) is 11.8 Å². The first-order valence-electron chi connectivity index (χ1n) is 6.50. The molecule has 2 rings (SSSR count). The van der Waals surface area contributed by atoms with Crippen molar-refractivity contribution in [1.29, 1.82) is 0 Å². The average molecular weight is 350 g/mol. The Labute approximate surface area is 133 Å². The Balaban J connectivity index is 2.08. The van der Waals surface area contributed by atoms with Gasteiger partial charge in [-0.1, -0.05) is 11.6 Å². The van der Waals surface area contributed by atoms with Gasteiger partial charge in [0.2, 0.25) is 10.0 Å². The number of benzene rings is 1. The van der Waals surface area contributed by atoms with Crippen LogP contribution in [0.3, 0.4) is 0 Å². The monoisotopic (exact) mass is 349 g/mol. The van der Waals surface area contributed by atoms with Crippen molar-refractivity contribution in [2.75, 3.05) is 18.1 Å². The van der Waals surface area contributed by atoms with Gasteiger partial charge in [0, 0.05) is 6.54 Å². The van der Waals surface area contributed by atoms with Crippen molar-refractivity contribution in [2.24, 2.45) is 5.92 Å². The van der Waals surface area contributed by atoms with Gasteiger partial charge in [-0.15, -0.1) is 0 Å². The summed E-state index contributed by atoms with van der Waals surface area (Å²) >= 11 is 7.69. The van der Waals surface area contributed by atoms with Crippen LogP contribution in [-0.2, 0) is 10.0 Å². The first kappa shape index (κ1) is 16.6. The molecule has 1 aromatic rings. The Morgan fingerprint density at radius 1 is 1.38 bits per heavy atom. The third-order valence-corrected chi connectivity index (χ3v) is 6.17. The zero-order valence-electron chi connectivity index (χ0n) is 11.2. The minimum Gasteiger partial charge on any atom is -0.478 e. The van der Waals surface area contributed by atoms with Gasteiger partial charge in [0.1, 0.15) is 0 Å². The van der Waals surface area contributed by atoms with E-state index in [9.17, 15) is 13.2 Å². The van der Waals surface area contributed by atoms with E-state index < -0.39 is 16.0 Å². The summed E-state index contributed by atoms with van der Waals surface area (Å²) in [5.41, 5.74) is -0.111. The van der Waals surface area contributed by atoms with Crippen molar-refractivity contribution in [2.45, 2.75) is 17.7 Å². The number of aromatic carboxylic acids is 1. The first-order chi connectivity index (χ1) is 9.90. The van der Waals surface area contributed by atoms with Crippen molar-refractivity contribution in [3.05, 3.63) is 28.8 Å². The topological polar surface area (TPSA) is 83.5 Å². The van der Waals surface area contributed by atoms with Crippen molar-refractivity contribution in [3.8, 4) is 0 Å². The van der Waals surface area contributed by atoms with E-state index in [0.717, 1.165) is 24.3 Å². The van der Waals surface area contributed by atoms with Crippen molar-refractivity contribution in [1.82, 2.24) is 4.72 Å². The molecule has 0 saturated carbocycles. The standard InChI is InChI=1S/C13H16ClNO4S2/c14-12-7-10(1-2-11(12)13(16)17)21(18,19)15-8-9-3-5-20-6-4-9/h1-2,7,9,15H,3-6,8H2,(H,16,17). The summed E-state index contributed by atoms with van der Waals surface area (Å²) in [6.45, 7) is 0.404. The van der Waals surface area contributed by atoms with Gasteiger partial charge >= 0.3 is 5.97 Å². The lowest BCUT2D eigenvalue weighted by Gasteiger charge is -2.21. The fourth-order valence-electron chi connectivity index (χ4n) is 2.10. The predicted octanol–water partition coefficient (Wildman–Crippen LogP) is 2.46. The van der Waals surface area contributed by atoms with Crippen LogP contribution in [0.15, 0.2) is 23.1 Å². The van der Waals surface area contributed by atoms with Gasteiger partial charge in [0.15, 0.2) is 0 Å². The van der Waals surface area contributed by atoms with Crippen molar-refractivity contribution >= 4 is 39.4 Å². The Kier molecular flexibility index (Phi) is 5.54. The summed E-state index contributed by atoms with van der Waals surface area (Å²) in [6.07, 6.45) is 2.01. The molecule has 0 unspecified atom stereocenters. The third-order valence-electron chi connectivity index (χ3n) is 3.38. The maximum Gasteiger partial charge on any atom is 0.337 e. The molecule has 0 aromatic heterocycles. The molecule has 1 saturated heterocycles. The number of sulfonamides is 1. The normalized spacial score (nSPS) is 16.8. The molecular formula is C13H16ClNO4S2. The molecule has 1 heterocycles. The molecule has 116 valence electrons. The molecule has 21 heavy (non-hydrogen) atoms. The number of carbonyl (C=O) groups is 1. The number of carboxylic acids is 1. The summed E-state index contributed by atoms with van der Waals surface area (Å²) in [5.74, 6) is 1.29. The molecule has 2 N–H and O–H groups in total. The lowest BCUT2D eigenvalue weighted by Crippen LogP contribution is -2.31. The second-order valence-corrected chi connectivity index (χ2v) is 8.25. The highest BCUT2D eigenvalue weighted by atomic mass is 35.5. The molecule has 0 amide bonds. The van der Waals surface area contributed by atoms with Crippen LogP contribution < -0.4 is 4.72 Å². The molecule has 5 nitrogen and oxygen atoms in total. The Morgan fingerprint density at radius 3 is 2.62 bits per heavy atom. The van der Waals surface area contributed by atoms with Crippen molar-refractivity contribution < 1.29 is 18.3 Å². The van der Waals surface area contributed by atoms with Gasteiger partial charge in [-0.25, -0.2) is 17.9 Å². The van der Waals surface area contributed by atoms with Crippen LogP contribution in [0.1, 0.15) is 23.2 Å². The van der Waals surface area contributed by atoms with Crippen LogP contribution >= 0.6 is 23.4 Å². The highest BCUT2D eigenvalue weighted by Crippen LogP contribution is 2.24. The van der Waals surface area contributed by atoms with E-state index in [2.05, 4.69) is 4.72 Å². The second-order valence-electron chi connectivity index (χ2n) is 4.85. The van der Waals surface area contributed by atoms with E-state index in [-0.39, 0.29) is 15.5 Å². The third kappa shape index (κ3) is 4.35. The van der Waals surface area contributed by atoms with Crippen LogP contribution in [0, 0.1) is 5.92 Å². The fourth-order valence-corrected chi connectivity index (χ4v) is 4.77. The summed E-state index contributed by atoms with van der Waals surface area (Å²) in [4.78, 5) is 10.9. The average Bonchev–Trinajstić information content (AvgIpc) is 2.46. The van der Waals surface area contributed by atoms with Crippen LogP contribution in [0.25, 0.3) is 0 Å². The Hall–Kier alpha value is -0.760. The summed E-state index contributed by atoms with van der Waals surface area (Å²) in [5, 5.41) is 8.80. The maximum atomic E-state index is 12.2. The molecule has 8 heteroatoms. The molecule has 0 atom stereocenters. The van der Waals surface area contributed by atoms with E-state index in [1.54, 1.807) is 0 Å². The van der Waals surface area contributed by atoms with Gasteiger partial charge in [-0.05, 0) is 48.5 Å². The summed E-state index contributed by atoms with van der Waals surface area (Å²) in [6, 6.07) is 3.63. The van der Waals surface area contributed by atoms with Crippen LogP contribution in [0.2, 0.25) is 5.02 Å². The molecule has 1 aliphatic rings. The van der Waals surface area contributed by atoms with Crippen LogP contribution in [-0.4, -0.2) is 37.5 Å². The van der Waals surface area contributed by atoms with E-state index in [0.29, 0.717) is 12.5 Å². The van der Waals surface area contributed by atoms with Gasteiger partial charge < -0.3 is 5.11 Å². The number of rotatable bonds is 5. The highest BCUT2D eigenvalue weighted by molar-refractivity contribution is 7.99. The second kappa shape index (κ2) is 7.00. The maximum absolute atomic E-state index is 12.2. The van der Waals surface area contributed by atoms with Crippen LogP contribution in [0.5, 0.6) is 0 Å². The number of nitrogens with one attached hydrogen (secondary N) is 1. The quantitative estimate of drug-likeness (QED) is 0.853. The molecule has 1 aliphatic heterocycles. The Morgan fingerprint density at radius 2 is 2.05 bits per heavy atom. The van der Waals surface area contributed by atoms with Crippen molar-refractivity contribution in [3.63, 3.8) is 0 Å². The number of thioether (sulfide) groups is 1. The SMILES string of the molecule is O=C(O)c1ccc(S(=O)(=O)NCC2CCSCC2)cc1Cl.